The van der Waals surface area contributed by atoms with E-state index >= 15 is 0 Å². The van der Waals surface area contributed by atoms with E-state index in [0.29, 0.717) is 17.2 Å². The number of rotatable bonds is 5. The average Bonchev–Trinajstić information content (AvgIpc) is 2.56. The van der Waals surface area contributed by atoms with E-state index in [4.69, 9.17) is 10.3 Å². The quantitative estimate of drug-likeness (QED) is 0.828. The van der Waals surface area contributed by atoms with Crippen molar-refractivity contribution < 1.29 is 16.8 Å². The lowest BCUT2D eigenvalue weighted by molar-refractivity contribution is 0.580. The average molecular weight is 312 g/mol. The SMILES string of the molecule is CC(C)CCc1sc(S(N)(=O)=O)cc1S(N)(=O)=O. The zero-order valence-electron chi connectivity index (χ0n) is 10.1. The molecule has 1 heterocycles. The van der Waals surface area contributed by atoms with Crippen LogP contribution in [-0.4, -0.2) is 16.8 Å². The van der Waals surface area contributed by atoms with Gasteiger partial charge in [-0.2, -0.15) is 0 Å². The molecule has 0 aliphatic rings. The number of hydrogen-bond donors (Lipinski definition) is 2. The van der Waals surface area contributed by atoms with E-state index in [-0.39, 0.29) is 9.10 Å². The minimum atomic E-state index is -3.93. The van der Waals surface area contributed by atoms with Crippen molar-refractivity contribution in [1.82, 2.24) is 0 Å². The molecule has 0 saturated heterocycles. The second-order valence-corrected chi connectivity index (χ2v) is 8.83. The molecule has 0 radical (unpaired) electrons. The first-order valence-corrected chi connectivity index (χ1v) is 9.11. The van der Waals surface area contributed by atoms with Gasteiger partial charge in [0, 0.05) is 4.88 Å². The first-order valence-electron chi connectivity index (χ1n) is 5.20. The number of primary sulfonamides is 2. The van der Waals surface area contributed by atoms with Gasteiger partial charge in [-0.3, -0.25) is 0 Å². The van der Waals surface area contributed by atoms with Gasteiger partial charge in [-0.15, -0.1) is 11.3 Å². The lowest BCUT2D eigenvalue weighted by atomic mass is 10.1. The smallest absolute Gasteiger partial charge is 0.225 e. The number of hydrogen-bond acceptors (Lipinski definition) is 5. The number of sulfonamides is 2. The Kier molecular flexibility index (Phi) is 4.55. The summed E-state index contributed by atoms with van der Waals surface area (Å²) in [5, 5.41) is 10.0. The lowest BCUT2D eigenvalue weighted by Gasteiger charge is -2.04. The van der Waals surface area contributed by atoms with Gasteiger partial charge in [-0.25, -0.2) is 27.1 Å². The minimum Gasteiger partial charge on any atom is -0.225 e. The van der Waals surface area contributed by atoms with Gasteiger partial charge in [0.2, 0.25) is 20.0 Å². The molecular formula is C9H16N2O4S3. The lowest BCUT2D eigenvalue weighted by Crippen LogP contribution is -2.13. The van der Waals surface area contributed by atoms with Crippen LogP contribution >= 0.6 is 11.3 Å². The highest BCUT2D eigenvalue weighted by Crippen LogP contribution is 2.30. The second-order valence-electron chi connectivity index (χ2n) is 4.38. The molecule has 0 amide bonds. The monoisotopic (exact) mass is 312 g/mol. The van der Waals surface area contributed by atoms with Crippen molar-refractivity contribution in [1.29, 1.82) is 0 Å². The van der Waals surface area contributed by atoms with Gasteiger partial charge in [0.15, 0.2) is 0 Å². The third-order valence-electron chi connectivity index (χ3n) is 2.28. The molecule has 9 heteroatoms. The fourth-order valence-electron chi connectivity index (χ4n) is 1.36. The molecule has 0 atom stereocenters. The summed E-state index contributed by atoms with van der Waals surface area (Å²) in [4.78, 5) is 0.299. The van der Waals surface area contributed by atoms with Crippen molar-refractivity contribution in [2.24, 2.45) is 16.2 Å². The van der Waals surface area contributed by atoms with Crippen molar-refractivity contribution >= 4 is 31.4 Å². The summed E-state index contributed by atoms with van der Waals surface area (Å²) in [5.74, 6) is 0.373. The van der Waals surface area contributed by atoms with Gasteiger partial charge in [-0.05, 0) is 24.8 Å². The van der Waals surface area contributed by atoms with Gasteiger partial charge in [0.25, 0.3) is 0 Å². The van der Waals surface area contributed by atoms with Gasteiger partial charge >= 0.3 is 0 Å². The zero-order chi connectivity index (χ0) is 14.1. The van der Waals surface area contributed by atoms with Gasteiger partial charge < -0.3 is 0 Å². The molecule has 4 N–H and O–H groups in total. The molecule has 104 valence electrons. The fraction of sp³-hybridized carbons (Fsp3) is 0.556. The van der Waals surface area contributed by atoms with Crippen LogP contribution in [0.1, 0.15) is 25.1 Å². The van der Waals surface area contributed by atoms with E-state index in [2.05, 4.69) is 0 Å². The molecule has 1 aromatic rings. The maximum atomic E-state index is 11.4. The molecule has 0 aliphatic heterocycles. The van der Waals surface area contributed by atoms with Gasteiger partial charge in [0.1, 0.15) is 4.21 Å². The molecule has 0 unspecified atom stereocenters. The Morgan fingerprint density at radius 2 is 1.72 bits per heavy atom. The molecule has 0 saturated carbocycles. The normalized spacial score (nSPS) is 13.2. The zero-order valence-corrected chi connectivity index (χ0v) is 12.5. The van der Waals surface area contributed by atoms with Crippen LogP contribution in [0.5, 0.6) is 0 Å². The highest BCUT2D eigenvalue weighted by Gasteiger charge is 2.22. The van der Waals surface area contributed by atoms with Crippen molar-refractivity contribution in [3.63, 3.8) is 0 Å². The summed E-state index contributed by atoms with van der Waals surface area (Å²) in [7, 11) is -7.84. The van der Waals surface area contributed by atoms with E-state index in [1.54, 1.807) is 0 Å². The van der Waals surface area contributed by atoms with Crippen LogP contribution in [0.25, 0.3) is 0 Å². The predicted octanol–water partition coefficient (Wildman–Crippen LogP) is 0.632. The van der Waals surface area contributed by atoms with Crippen LogP contribution in [0.15, 0.2) is 15.2 Å². The molecular weight excluding hydrogens is 296 g/mol. The van der Waals surface area contributed by atoms with E-state index < -0.39 is 20.0 Å². The fourth-order valence-corrected chi connectivity index (χ4v) is 4.54. The molecule has 0 bridgehead atoms. The van der Waals surface area contributed by atoms with Crippen LogP contribution in [0, 0.1) is 5.92 Å². The Labute approximate surface area is 111 Å². The summed E-state index contributed by atoms with van der Waals surface area (Å²) >= 11 is 0.863. The number of thiophene rings is 1. The third kappa shape index (κ3) is 4.02. The van der Waals surface area contributed by atoms with Crippen molar-refractivity contribution in [3.05, 3.63) is 10.9 Å². The van der Waals surface area contributed by atoms with E-state index in [1.807, 2.05) is 13.8 Å². The van der Waals surface area contributed by atoms with Crippen LogP contribution in [0.2, 0.25) is 0 Å². The highest BCUT2D eigenvalue weighted by molar-refractivity contribution is 7.92. The van der Waals surface area contributed by atoms with Gasteiger partial charge in [-0.1, -0.05) is 13.8 Å². The molecule has 0 aliphatic carbocycles. The van der Waals surface area contributed by atoms with Gasteiger partial charge in [0.05, 0.1) is 4.90 Å². The Morgan fingerprint density at radius 3 is 2.11 bits per heavy atom. The van der Waals surface area contributed by atoms with Crippen molar-refractivity contribution in [3.8, 4) is 0 Å². The number of nitrogens with two attached hydrogens (primary N) is 2. The molecule has 0 spiro atoms. The first kappa shape index (κ1) is 15.6. The predicted molar refractivity (Wildman–Crippen MR) is 70.2 cm³/mol. The summed E-state index contributed by atoms with van der Waals surface area (Å²) in [5.41, 5.74) is 0. The van der Waals surface area contributed by atoms with Crippen LogP contribution in [0.4, 0.5) is 0 Å². The molecule has 1 aromatic heterocycles. The molecule has 0 fully saturated rings. The van der Waals surface area contributed by atoms with E-state index in [9.17, 15) is 16.8 Å². The largest absolute Gasteiger partial charge is 0.247 e. The summed E-state index contributed by atoms with van der Waals surface area (Å²) in [6, 6.07) is 1.03. The summed E-state index contributed by atoms with van der Waals surface area (Å²) < 4.78 is 45.0. The summed E-state index contributed by atoms with van der Waals surface area (Å²) in [6.45, 7) is 3.98. The summed E-state index contributed by atoms with van der Waals surface area (Å²) in [6.07, 6.45) is 1.21. The van der Waals surface area contributed by atoms with Crippen molar-refractivity contribution in [2.75, 3.05) is 0 Å². The molecule has 1 rings (SSSR count). The van der Waals surface area contributed by atoms with Crippen molar-refractivity contribution in [2.45, 2.75) is 35.8 Å². The maximum absolute atomic E-state index is 11.4. The second kappa shape index (κ2) is 5.25. The molecule has 6 nitrogen and oxygen atoms in total. The Morgan fingerprint density at radius 1 is 1.17 bits per heavy atom. The Hall–Kier alpha value is -0.480. The van der Waals surface area contributed by atoms with Crippen LogP contribution < -0.4 is 10.3 Å². The standard InChI is InChI=1S/C9H16N2O4S3/c1-6(2)3-4-7-8(17(10,12)13)5-9(16-7)18(11,14)15/h5-6H,3-4H2,1-2H3,(H2,10,12,13)(H2,11,14,15). The molecule has 18 heavy (non-hydrogen) atoms. The Balaban J connectivity index is 3.27. The molecule has 0 aromatic carbocycles. The van der Waals surface area contributed by atoms with E-state index in [1.165, 1.54) is 0 Å². The Bertz CT molecular complexity index is 629. The van der Waals surface area contributed by atoms with E-state index in [0.717, 1.165) is 23.8 Å². The van der Waals surface area contributed by atoms with Crippen LogP contribution in [0.3, 0.4) is 0 Å². The topological polar surface area (TPSA) is 120 Å². The van der Waals surface area contributed by atoms with Crippen LogP contribution in [-0.2, 0) is 26.5 Å². The minimum absolute atomic E-state index is 0.142. The highest BCUT2D eigenvalue weighted by atomic mass is 32.2. The third-order valence-corrected chi connectivity index (χ3v) is 6.00. The number of aryl methyl sites for hydroxylation is 1. The maximum Gasteiger partial charge on any atom is 0.247 e. The first-order chi connectivity index (χ1) is 8.01.